The van der Waals surface area contributed by atoms with Crippen LogP contribution in [-0.2, 0) is 9.53 Å². The van der Waals surface area contributed by atoms with Gasteiger partial charge in [-0.05, 0) is 32.1 Å². The first-order valence-corrected chi connectivity index (χ1v) is 9.30. The Kier molecular flexibility index (Phi) is 16.8. The van der Waals surface area contributed by atoms with Crippen LogP contribution in [-0.4, -0.2) is 35.5 Å². The number of rotatable bonds is 16. The van der Waals surface area contributed by atoms with E-state index in [1.165, 1.54) is 44.9 Å². The lowest BCUT2D eigenvalue weighted by Crippen LogP contribution is -2.21. The largest absolute Gasteiger partial charge is 0.463 e. The Hall–Kier alpha value is -0.870. The molecule has 0 fully saturated rings. The molecule has 0 amide bonds. The van der Waals surface area contributed by atoms with Crippen molar-refractivity contribution in [1.82, 2.24) is 0 Å². The summed E-state index contributed by atoms with van der Waals surface area (Å²) >= 11 is 0. The van der Waals surface area contributed by atoms with Crippen LogP contribution in [0.4, 0.5) is 0 Å². The smallest absolute Gasteiger partial charge is 0.305 e. The standard InChI is InChI=1S/C19H36O4/c1-2-3-4-5-6-7-8-9-10-11-12-13-14-15-19(22)23-17-18(21)16-20/h9-10,18,20-21H,2-8,11-17H2,1H3/b10-9-/t18-/m0/s1. The molecule has 0 aromatic rings. The van der Waals surface area contributed by atoms with Gasteiger partial charge in [0.05, 0.1) is 6.61 Å². The van der Waals surface area contributed by atoms with Crippen molar-refractivity contribution in [1.29, 1.82) is 0 Å². The molecule has 1 atom stereocenters. The average molecular weight is 328 g/mol. The minimum absolute atomic E-state index is 0.115. The SMILES string of the molecule is CCCCCCCC/C=C\CCCCCC(=O)OC[C@@H](O)CO. The molecule has 4 heteroatoms. The maximum atomic E-state index is 11.3. The summed E-state index contributed by atoms with van der Waals surface area (Å²) in [5.74, 6) is -0.295. The highest BCUT2D eigenvalue weighted by atomic mass is 16.5. The summed E-state index contributed by atoms with van der Waals surface area (Å²) in [6, 6.07) is 0. The Labute approximate surface area is 141 Å². The van der Waals surface area contributed by atoms with E-state index in [1.54, 1.807) is 0 Å². The minimum atomic E-state index is -0.962. The van der Waals surface area contributed by atoms with E-state index in [0.29, 0.717) is 6.42 Å². The molecule has 0 aliphatic rings. The normalized spacial score (nSPS) is 12.7. The Morgan fingerprint density at radius 1 is 0.957 bits per heavy atom. The van der Waals surface area contributed by atoms with Crippen LogP contribution >= 0.6 is 0 Å². The fourth-order valence-corrected chi connectivity index (χ4v) is 2.30. The molecule has 0 unspecified atom stereocenters. The van der Waals surface area contributed by atoms with Crippen LogP contribution in [0.15, 0.2) is 12.2 Å². The molecule has 0 spiro atoms. The monoisotopic (exact) mass is 328 g/mol. The van der Waals surface area contributed by atoms with Crippen LogP contribution < -0.4 is 0 Å². The number of allylic oxidation sites excluding steroid dienone is 2. The van der Waals surface area contributed by atoms with Gasteiger partial charge in [0.15, 0.2) is 0 Å². The van der Waals surface area contributed by atoms with Gasteiger partial charge < -0.3 is 14.9 Å². The van der Waals surface area contributed by atoms with Crippen LogP contribution in [0.5, 0.6) is 0 Å². The molecule has 0 rings (SSSR count). The van der Waals surface area contributed by atoms with Crippen molar-refractivity contribution in [3.05, 3.63) is 12.2 Å². The van der Waals surface area contributed by atoms with Gasteiger partial charge in [0.2, 0.25) is 0 Å². The van der Waals surface area contributed by atoms with Gasteiger partial charge in [-0.3, -0.25) is 4.79 Å². The predicted octanol–water partition coefficient (Wildman–Crippen LogP) is 4.14. The Bertz CT molecular complexity index is 289. The summed E-state index contributed by atoms with van der Waals surface area (Å²) in [7, 11) is 0. The lowest BCUT2D eigenvalue weighted by atomic mass is 10.1. The molecule has 4 nitrogen and oxygen atoms in total. The van der Waals surface area contributed by atoms with Crippen molar-refractivity contribution < 1.29 is 19.7 Å². The van der Waals surface area contributed by atoms with Crippen LogP contribution in [0.3, 0.4) is 0 Å². The molecule has 0 saturated heterocycles. The highest BCUT2D eigenvalue weighted by Gasteiger charge is 2.07. The third-order valence-corrected chi connectivity index (χ3v) is 3.79. The zero-order valence-electron chi connectivity index (χ0n) is 14.8. The number of carbonyl (C=O) groups is 1. The van der Waals surface area contributed by atoms with Crippen molar-refractivity contribution >= 4 is 5.97 Å². The predicted molar refractivity (Wildman–Crippen MR) is 94.3 cm³/mol. The number of aliphatic hydroxyl groups is 2. The summed E-state index contributed by atoms with van der Waals surface area (Å²) in [6.07, 6.45) is 17.2. The van der Waals surface area contributed by atoms with E-state index in [-0.39, 0.29) is 19.2 Å². The zero-order chi connectivity index (χ0) is 17.2. The molecule has 136 valence electrons. The van der Waals surface area contributed by atoms with E-state index >= 15 is 0 Å². The van der Waals surface area contributed by atoms with Crippen molar-refractivity contribution in [3.8, 4) is 0 Å². The minimum Gasteiger partial charge on any atom is -0.463 e. The lowest BCUT2D eigenvalue weighted by molar-refractivity contribution is -0.147. The number of aliphatic hydroxyl groups excluding tert-OH is 2. The topological polar surface area (TPSA) is 66.8 Å². The first-order valence-electron chi connectivity index (χ1n) is 9.30. The second-order valence-electron chi connectivity index (χ2n) is 6.15. The van der Waals surface area contributed by atoms with Crippen molar-refractivity contribution in [2.24, 2.45) is 0 Å². The highest BCUT2D eigenvalue weighted by Crippen LogP contribution is 2.09. The quantitative estimate of drug-likeness (QED) is 0.254. The van der Waals surface area contributed by atoms with Crippen molar-refractivity contribution in [2.75, 3.05) is 13.2 Å². The molecule has 0 radical (unpaired) electrons. The number of hydrogen-bond donors (Lipinski definition) is 2. The summed E-state index contributed by atoms with van der Waals surface area (Å²) < 4.78 is 4.84. The Balaban J connectivity index is 3.25. The fourth-order valence-electron chi connectivity index (χ4n) is 2.30. The highest BCUT2D eigenvalue weighted by molar-refractivity contribution is 5.69. The Morgan fingerprint density at radius 3 is 2.13 bits per heavy atom. The molecular weight excluding hydrogens is 292 g/mol. The first-order chi connectivity index (χ1) is 11.2. The zero-order valence-corrected chi connectivity index (χ0v) is 14.8. The number of hydrogen-bond acceptors (Lipinski definition) is 4. The molecular formula is C19H36O4. The van der Waals surface area contributed by atoms with Crippen molar-refractivity contribution in [2.45, 2.75) is 90.1 Å². The van der Waals surface area contributed by atoms with E-state index in [2.05, 4.69) is 19.1 Å². The maximum absolute atomic E-state index is 11.3. The van der Waals surface area contributed by atoms with Gasteiger partial charge in [-0.2, -0.15) is 0 Å². The van der Waals surface area contributed by atoms with Gasteiger partial charge in [-0.15, -0.1) is 0 Å². The van der Waals surface area contributed by atoms with E-state index in [0.717, 1.165) is 25.7 Å². The molecule has 0 bridgehead atoms. The van der Waals surface area contributed by atoms with Crippen LogP contribution in [0.2, 0.25) is 0 Å². The molecule has 0 heterocycles. The Morgan fingerprint density at radius 2 is 1.52 bits per heavy atom. The number of unbranched alkanes of at least 4 members (excludes halogenated alkanes) is 9. The van der Waals surface area contributed by atoms with E-state index in [4.69, 9.17) is 14.9 Å². The van der Waals surface area contributed by atoms with Gasteiger partial charge in [0, 0.05) is 6.42 Å². The summed E-state index contributed by atoms with van der Waals surface area (Å²) in [6.45, 7) is 1.75. The summed E-state index contributed by atoms with van der Waals surface area (Å²) in [4.78, 5) is 11.3. The van der Waals surface area contributed by atoms with Crippen molar-refractivity contribution in [3.63, 3.8) is 0 Å². The third kappa shape index (κ3) is 17.3. The molecule has 0 aliphatic carbocycles. The second kappa shape index (κ2) is 17.5. The van der Waals surface area contributed by atoms with Crippen LogP contribution in [0.1, 0.15) is 84.0 Å². The van der Waals surface area contributed by atoms with Gasteiger partial charge in [-0.25, -0.2) is 0 Å². The lowest BCUT2D eigenvalue weighted by Gasteiger charge is -2.08. The van der Waals surface area contributed by atoms with Gasteiger partial charge in [-0.1, -0.05) is 57.6 Å². The molecule has 0 aromatic heterocycles. The molecule has 0 saturated carbocycles. The molecule has 0 aliphatic heterocycles. The van der Waals surface area contributed by atoms with Gasteiger partial charge >= 0.3 is 5.97 Å². The van der Waals surface area contributed by atoms with E-state index in [9.17, 15) is 4.79 Å². The van der Waals surface area contributed by atoms with E-state index in [1.807, 2.05) is 0 Å². The summed E-state index contributed by atoms with van der Waals surface area (Å²) in [5, 5.41) is 17.7. The summed E-state index contributed by atoms with van der Waals surface area (Å²) in [5.41, 5.74) is 0. The first kappa shape index (κ1) is 22.1. The molecule has 2 N–H and O–H groups in total. The molecule has 23 heavy (non-hydrogen) atoms. The molecule has 0 aromatic carbocycles. The number of ether oxygens (including phenoxy) is 1. The fraction of sp³-hybridized carbons (Fsp3) is 0.842. The maximum Gasteiger partial charge on any atom is 0.305 e. The average Bonchev–Trinajstić information content (AvgIpc) is 2.56. The van der Waals surface area contributed by atoms with E-state index < -0.39 is 6.10 Å². The number of carbonyl (C=O) groups excluding carboxylic acids is 1. The second-order valence-corrected chi connectivity index (χ2v) is 6.15. The van der Waals surface area contributed by atoms with Crippen LogP contribution in [0, 0.1) is 0 Å². The third-order valence-electron chi connectivity index (χ3n) is 3.79. The van der Waals surface area contributed by atoms with Crippen LogP contribution in [0.25, 0.3) is 0 Å². The van der Waals surface area contributed by atoms with Gasteiger partial charge in [0.1, 0.15) is 12.7 Å². The van der Waals surface area contributed by atoms with Gasteiger partial charge in [0.25, 0.3) is 0 Å². The number of esters is 1.